The Morgan fingerprint density at radius 1 is 1.00 bits per heavy atom. The minimum atomic E-state index is -0.405. The molecule has 0 radical (unpaired) electrons. The molecule has 1 heterocycles. The summed E-state index contributed by atoms with van der Waals surface area (Å²) in [5, 5.41) is 9.94. The number of nitriles is 1. The molecular formula is C18H10BrClN2O. The topological polar surface area (TPSA) is 56.6 Å². The summed E-state index contributed by atoms with van der Waals surface area (Å²) in [5.74, 6) is 0. The molecule has 3 aromatic rings. The van der Waals surface area contributed by atoms with Gasteiger partial charge < -0.3 is 4.98 Å². The second-order valence-electron chi connectivity index (χ2n) is 4.93. The highest BCUT2D eigenvalue weighted by atomic mass is 79.9. The molecule has 0 aliphatic heterocycles. The molecule has 0 fully saturated rings. The third-order valence-corrected chi connectivity index (χ3v) is 4.24. The average molecular weight is 386 g/mol. The van der Waals surface area contributed by atoms with Crippen LogP contribution in [0.1, 0.15) is 5.56 Å². The molecule has 0 spiro atoms. The Morgan fingerprint density at radius 3 is 2.22 bits per heavy atom. The third-order valence-electron chi connectivity index (χ3n) is 3.46. The Balaban J connectivity index is 2.22. The number of halogens is 2. The van der Waals surface area contributed by atoms with E-state index in [1.165, 1.54) is 0 Å². The number of nitrogens with one attached hydrogen (secondary N) is 1. The van der Waals surface area contributed by atoms with E-state index in [1.54, 1.807) is 12.1 Å². The highest BCUT2D eigenvalue weighted by Gasteiger charge is 2.12. The first-order chi connectivity index (χ1) is 11.1. The van der Waals surface area contributed by atoms with Gasteiger partial charge >= 0.3 is 0 Å². The minimum Gasteiger partial charge on any atom is -0.321 e. The van der Waals surface area contributed by atoms with Crippen LogP contribution in [0.5, 0.6) is 0 Å². The molecule has 0 aliphatic carbocycles. The van der Waals surface area contributed by atoms with Gasteiger partial charge in [0, 0.05) is 20.8 Å². The zero-order valence-corrected chi connectivity index (χ0v) is 14.1. The van der Waals surface area contributed by atoms with Crippen LogP contribution >= 0.6 is 27.5 Å². The van der Waals surface area contributed by atoms with Gasteiger partial charge in [-0.25, -0.2) is 0 Å². The van der Waals surface area contributed by atoms with Gasteiger partial charge in [-0.05, 0) is 41.5 Å². The number of H-pyrrole nitrogens is 1. The number of hydrogen-bond acceptors (Lipinski definition) is 2. The number of benzene rings is 2. The van der Waals surface area contributed by atoms with Crippen LogP contribution < -0.4 is 5.56 Å². The summed E-state index contributed by atoms with van der Waals surface area (Å²) < 4.78 is 0.933. The van der Waals surface area contributed by atoms with Crippen molar-refractivity contribution >= 4 is 27.5 Å². The first kappa shape index (κ1) is 15.5. The molecule has 2 aromatic carbocycles. The lowest BCUT2D eigenvalue weighted by Crippen LogP contribution is -2.12. The van der Waals surface area contributed by atoms with Gasteiger partial charge in [-0.1, -0.05) is 51.8 Å². The number of hydrogen-bond donors (Lipinski definition) is 1. The molecule has 0 bridgehead atoms. The molecule has 112 valence electrons. The van der Waals surface area contributed by atoms with Crippen molar-refractivity contribution in [3.8, 4) is 28.5 Å². The van der Waals surface area contributed by atoms with Crippen LogP contribution in [0.3, 0.4) is 0 Å². The first-order valence-corrected chi connectivity index (χ1v) is 7.95. The maximum atomic E-state index is 12.3. The summed E-state index contributed by atoms with van der Waals surface area (Å²) in [6, 6.07) is 18.4. The number of pyridine rings is 1. The molecule has 0 saturated heterocycles. The number of aromatic nitrogens is 1. The Bertz CT molecular complexity index is 954. The smallest absolute Gasteiger partial charge is 0.266 e. The Morgan fingerprint density at radius 2 is 1.61 bits per heavy atom. The maximum absolute atomic E-state index is 12.3. The second-order valence-corrected chi connectivity index (χ2v) is 6.28. The molecule has 3 nitrogen and oxygen atoms in total. The standard InChI is InChI=1S/C18H10BrClN2O/c19-13-5-1-11(2-6-13)15-9-17(22-18(23)16(15)10-21)12-3-7-14(20)8-4-12/h1-9H,(H,22,23). The van der Waals surface area contributed by atoms with E-state index in [2.05, 4.69) is 20.9 Å². The number of nitrogens with zero attached hydrogens (tertiary/aromatic N) is 1. The Hall–Kier alpha value is -2.35. The van der Waals surface area contributed by atoms with Crippen molar-refractivity contribution in [3.05, 3.63) is 80.0 Å². The van der Waals surface area contributed by atoms with Gasteiger partial charge in [-0.3, -0.25) is 4.79 Å². The number of rotatable bonds is 2. The molecule has 0 unspecified atom stereocenters. The molecule has 0 atom stereocenters. The molecule has 3 rings (SSSR count). The van der Waals surface area contributed by atoms with Crippen LogP contribution in [0.15, 0.2) is 63.9 Å². The fraction of sp³-hybridized carbons (Fsp3) is 0. The van der Waals surface area contributed by atoms with E-state index in [1.807, 2.05) is 48.5 Å². The van der Waals surface area contributed by atoms with E-state index in [0.29, 0.717) is 16.3 Å². The normalized spacial score (nSPS) is 10.3. The first-order valence-electron chi connectivity index (χ1n) is 6.78. The predicted molar refractivity (Wildman–Crippen MR) is 95.4 cm³/mol. The molecule has 0 aliphatic rings. The van der Waals surface area contributed by atoms with Crippen LogP contribution in [0.25, 0.3) is 22.4 Å². The molecule has 0 amide bonds. The van der Waals surface area contributed by atoms with Gasteiger partial charge in [-0.2, -0.15) is 5.26 Å². The number of aromatic amines is 1. The van der Waals surface area contributed by atoms with E-state index in [4.69, 9.17) is 11.6 Å². The fourth-order valence-corrected chi connectivity index (χ4v) is 2.70. The summed E-state index contributed by atoms with van der Waals surface area (Å²) in [6.07, 6.45) is 0. The summed E-state index contributed by atoms with van der Waals surface area (Å²) in [7, 11) is 0. The molecule has 5 heteroatoms. The largest absolute Gasteiger partial charge is 0.321 e. The van der Waals surface area contributed by atoms with Crippen LogP contribution in [0.2, 0.25) is 5.02 Å². The Labute approximate surface area is 146 Å². The zero-order valence-electron chi connectivity index (χ0n) is 11.8. The van der Waals surface area contributed by atoms with E-state index >= 15 is 0 Å². The van der Waals surface area contributed by atoms with Gasteiger partial charge in [0.05, 0.1) is 0 Å². The average Bonchev–Trinajstić information content (AvgIpc) is 2.55. The van der Waals surface area contributed by atoms with Crippen molar-refractivity contribution < 1.29 is 0 Å². The summed E-state index contributed by atoms with van der Waals surface area (Å²) >= 11 is 9.28. The summed E-state index contributed by atoms with van der Waals surface area (Å²) in [6.45, 7) is 0. The van der Waals surface area contributed by atoms with E-state index in [9.17, 15) is 10.1 Å². The van der Waals surface area contributed by atoms with Crippen molar-refractivity contribution in [2.75, 3.05) is 0 Å². The van der Waals surface area contributed by atoms with Crippen LogP contribution in [0, 0.1) is 11.3 Å². The Kier molecular flexibility index (Phi) is 4.33. The van der Waals surface area contributed by atoms with Crippen LogP contribution in [-0.2, 0) is 0 Å². The summed E-state index contributed by atoms with van der Waals surface area (Å²) in [4.78, 5) is 15.0. The van der Waals surface area contributed by atoms with Crippen LogP contribution in [-0.4, -0.2) is 4.98 Å². The monoisotopic (exact) mass is 384 g/mol. The van der Waals surface area contributed by atoms with Gasteiger partial charge in [0.1, 0.15) is 11.6 Å². The zero-order chi connectivity index (χ0) is 16.4. The van der Waals surface area contributed by atoms with Crippen molar-refractivity contribution in [3.63, 3.8) is 0 Å². The van der Waals surface area contributed by atoms with Crippen molar-refractivity contribution in [2.45, 2.75) is 0 Å². The highest BCUT2D eigenvalue weighted by Crippen LogP contribution is 2.27. The van der Waals surface area contributed by atoms with Gasteiger partial charge in [-0.15, -0.1) is 0 Å². The second kappa shape index (κ2) is 6.41. The molecule has 1 aromatic heterocycles. The van der Waals surface area contributed by atoms with Crippen molar-refractivity contribution in [2.24, 2.45) is 0 Å². The molecule has 23 heavy (non-hydrogen) atoms. The quantitative estimate of drug-likeness (QED) is 0.675. The van der Waals surface area contributed by atoms with E-state index in [-0.39, 0.29) is 5.56 Å². The molecule has 1 N–H and O–H groups in total. The van der Waals surface area contributed by atoms with E-state index in [0.717, 1.165) is 15.6 Å². The molecule has 0 saturated carbocycles. The lowest BCUT2D eigenvalue weighted by atomic mass is 9.99. The third kappa shape index (κ3) is 3.21. The minimum absolute atomic E-state index is 0.102. The maximum Gasteiger partial charge on any atom is 0.266 e. The highest BCUT2D eigenvalue weighted by molar-refractivity contribution is 9.10. The van der Waals surface area contributed by atoms with Gasteiger partial charge in [0.15, 0.2) is 0 Å². The van der Waals surface area contributed by atoms with Gasteiger partial charge in [0.25, 0.3) is 5.56 Å². The lowest BCUT2D eigenvalue weighted by molar-refractivity contribution is 1.22. The van der Waals surface area contributed by atoms with Crippen LogP contribution in [0.4, 0.5) is 0 Å². The van der Waals surface area contributed by atoms with E-state index < -0.39 is 5.56 Å². The SMILES string of the molecule is N#Cc1c(-c2ccc(Br)cc2)cc(-c2ccc(Cl)cc2)[nH]c1=O. The predicted octanol–water partition coefficient (Wildman–Crippen LogP) is 5.00. The van der Waals surface area contributed by atoms with Crippen molar-refractivity contribution in [1.29, 1.82) is 5.26 Å². The summed E-state index contributed by atoms with van der Waals surface area (Å²) in [5.41, 5.74) is 2.58. The lowest BCUT2D eigenvalue weighted by Gasteiger charge is -2.08. The van der Waals surface area contributed by atoms with Gasteiger partial charge in [0.2, 0.25) is 0 Å². The molecular weight excluding hydrogens is 376 g/mol. The fourth-order valence-electron chi connectivity index (χ4n) is 2.31. The van der Waals surface area contributed by atoms with Crippen molar-refractivity contribution in [1.82, 2.24) is 4.98 Å².